The summed E-state index contributed by atoms with van der Waals surface area (Å²) >= 11 is 0. The van der Waals surface area contributed by atoms with Crippen LogP contribution in [-0.4, -0.2) is 53.5 Å². The van der Waals surface area contributed by atoms with E-state index in [1.54, 1.807) is 6.07 Å². The van der Waals surface area contributed by atoms with E-state index in [1.807, 2.05) is 15.7 Å². The summed E-state index contributed by atoms with van der Waals surface area (Å²) < 4.78 is 1.97. The largest absolute Gasteiger partial charge is 0.397 e. The van der Waals surface area contributed by atoms with Crippen LogP contribution in [0, 0.1) is 0 Å². The Morgan fingerprint density at radius 1 is 1.53 bits per heavy atom. The lowest BCUT2D eigenvalue weighted by molar-refractivity contribution is 0.0772. The summed E-state index contributed by atoms with van der Waals surface area (Å²) in [6.45, 7) is 4.58. The first-order chi connectivity index (χ1) is 9.02. The van der Waals surface area contributed by atoms with Gasteiger partial charge in [0.25, 0.3) is 5.91 Å². The van der Waals surface area contributed by atoms with E-state index in [4.69, 9.17) is 5.73 Å². The van der Waals surface area contributed by atoms with Crippen LogP contribution in [0.2, 0.25) is 0 Å². The summed E-state index contributed by atoms with van der Waals surface area (Å²) in [6.07, 6.45) is 3.90. The molecule has 1 fully saturated rings. The second-order valence-electron chi connectivity index (χ2n) is 5.51. The molecule has 2 heterocycles. The van der Waals surface area contributed by atoms with Crippen molar-refractivity contribution in [3.8, 4) is 0 Å². The van der Waals surface area contributed by atoms with Gasteiger partial charge in [0.15, 0.2) is 0 Å². The molecule has 106 valence electrons. The molecule has 1 aliphatic rings. The quantitative estimate of drug-likeness (QED) is 0.890. The number of rotatable bonds is 4. The average molecular weight is 264 g/mol. The maximum Gasteiger partial charge on any atom is 0.270 e. The number of aryl methyl sites for hydroxylation is 1. The van der Waals surface area contributed by atoms with Crippen molar-refractivity contribution in [1.29, 1.82) is 0 Å². The van der Waals surface area contributed by atoms with Crippen molar-refractivity contribution in [2.45, 2.75) is 32.4 Å². The van der Waals surface area contributed by atoms with E-state index in [0.717, 1.165) is 38.2 Å². The summed E-state index contributed by atoms with van der Waals surface area (Å²) in [5, 5.41) is 0. The zero-order chi connectivity index (χ0) is 14.0. The number of hydrogen-bond donors (Lipinski definition) is 1. The van der Waals surface area contributed by atoms with Gasteiger partial charge < -0.3 is 20.1 Å². The fourth-order valence-corrected chi connectivity index (χ4v) is 2.65. The number of likely N-dealkylation sites (tertiary alicyclic amines) is 1. The molecule has 0 spiro atoms. The predicted molar refractivity (Wildman–Crippen MR) is 77.1 cm³/mol. The number of likely N-dealkylation sites (N-methyl/N-ethyl adjacent to an activating group) is 1. The van der Waals surface area contributed by atoms with Crippen molar-refractivity contribution in [2.75, 3.05) is 32.9 Å². The van der Waals surface area contributed by atoms with E-state index in [1.165, 1.54) is 0 Å². The van der Waals surface area contributed by atoms with Crippen LogP contribution >= 0.6 is 0 Å². The van der Waals surface area contributed by atoms with Crippen LogP contribution in [0.3, 0.4) is 0 Å². The Morgan fingerprint density at radius 2 is 2.26 bits per heavy atom. The lowest BCUT2D eigenvalue weighted by Crippen LogP contribution is -2.35. The summed E-state index contributed by atoms with van der Waals surface area (Å²) in [7, 11) is 4.13. The van der Waals surface area contributed by atoms with Gasteiger partial charge in [-0.05, 0) is 33.0 Å². The van der Waals surface area contributed by atoms with Crippen LogP contribution < -0.4 is 5.73 Å². The second kappa shape index (κ2) is 5.65. The Bertz CT molecular complexity index is 452. The third-order valence-electron chi connectivity index (χ3n) is 3.78. The monoisotopic (exact) mass is 264 g/mol. The third-order valence-corrected chi connectivity index (χ3v) is 3.78. The molecule has 0 aromatic carbocycles. The Hall–Kier alpha value is -1.49. The number of aromatic nitrogens is 1. The number of amides is 1. The normalized spacial score (nSPS) is 19.4. The molecular weight excluding hydrogens is 240 g/mol. The molecule has 1 atom stereocenters. The zero-order valence-electron chi connectivity index (χ0n) is 12.1. The van der Waals surface area contributed by atoms with Gasteiger partial charge in [0.1, 0.15) is 5.69 Å². The van der Waals surface area contributed by atoms with Gasteiger partial charge in [0.05, 0.1) is 5.69 Å². The van der Waals surface area contributed by atoms with E-state index in [2.05, 4.69) is 25.9 Å². The highest BCUT2D eigenvalue weighted by Crippen LogP contribution is 2.19. The second-order valence-corrected chi connectivity index (χ2v) is 5.51. The maximum absolute atomic E-state index is 12.6. The van der Waals surface area contributed by atoms with E-state index in [9.17, 15) is 4.79 Å². The van der Waals surface area contributed by atoms with Crippen molar-refractivity contribution in [1.82, 2.24) is 14.4 Å². The van der Waals surface area contributed by atoms with Crippen molar-refractivity contribution in [3.63, 3.8) is 0 Å². The van der Waals surface area contributed by atoms with Crippen LogP contribution in [0.25, 0.3) is 0 Å². The van der Waals surface area contributed by atoms with Gasteiger partial charge in [-0.3, -0.25) is 4.79 Å². The molecular formula is C14H24N4O. The highest BCUT2D eigenvalue weighted by atomic mass is 16.2. The predicted octanol–water partition coefficient (Wildman–Crippen LogP) is 1.26. The highest BCUT2D eigenvalue weighted by Gasteiger charge is 2.29. The molecule has 2 N–H and O–H groups in total. The molecule has 1 aromatic heterocycles. The Labute approximate surface area is 115 Å². The molecule has 5 nitrogen and oxygen atoms in total. The van der Waals surface area contributed by atoms with Gasteiger partial charge >= 0.3 is 0 Å². The number of nitrogens with zero attached hydrogens (tertiary/aromatic N) is 3. The lowest BCUT2D eigenvalue weighted by atomic mass is 10.2. The van der Waals surface area contributed by atoms with Crippen LogP contribution in [0.5, 0.6) is 0 Å². The number of carbonyl (C=O) groups excluding carboxylic acids is 1. The number of nitrogen functional groups attached to an aromatic ring is 1. The minimum atomic E-state index is 0.106. The van der Waals surface area contributed by atoms with E-state index < -0.39 is 0 Å². The van der Waals surface area contributed by atoms with E-state index in [-0.39, 0.29) is 5.91 Å². The molecule has 0 saturated carbocycles. The number of nitrogens with two attached hydrogens (primary N) is 1. The molecule has 1 unspecified atom stereocenters. The van der Waals surface area contributed by atoms with Crippen LogP contribution in [-0.2, 0) is 6.54 Å². The molecule has 19 heavy (non-hydrogen) atoms. The molecule has 1 aromatic rings. The van der Waals surface area contributed by atoms with Crippen LogP contribution in [0.4, 0.5) is 5.69 Å². The number of anilines is 1. The van der Waals surface area contributed by atoms with Crippen molar-refractivity contribution in [2.24, 2.45) is 0 Å². The topological polar surface area (TPSA) is 54.5 Å². The summed E-state index contributed by atoms with van der Waals surface area (Å²) in [6, 6.07) is 2.26. The fourth-order valence-electron chi connectivity index (χ4n) is 2.65. The van der Waals surface area contributed by atoms with Gasteiger partial charge in [0.2, 0.25) is 0 Å². The first-order valence-electron chi connectivity index (χ1n) is 6.94. The highest BCUT2D eigenvalue weighted by molar-refractivity contribution is 5.94. The van der Waals surface area contributed by atoms with Gasteiger partial charge in [-0.15, -0.1) is 0 Å². The minimum Gasteiger partial charge on any atom is -0.397 e. The lowest BCUT2D eigenvalue weighted by Gasteiger charge is -2.21. The maximum atomic E-state index is 12.6. The molecule has 1 saturated heterocycles. The molecule has 0 bridgehead atoms. The minimum absolute atomic E-state index is 0.106. The van der Waals surface area contributed by atoms with Crippen molar-refractivity contribution < 1.29 is 4.79 Å². The third kappa shape index (κ3) is 2.92. The smallest absolute Gasteiger partial charge is 0.270 e. The number of carbonyl (C=O) groups is 1. The Kier molecular flexibility index (Phi) is 4.14. The molecule has 5 heteroatoms. The molecule has 0 aliphatic carbocycles. The fraction of sp³-hybridized carbons (Fsp3) is 0.643. The molecule has 1 amide bonds. The number of hydrogen-bond acceptors (Lipinski definition) is 3. The molecule has 0 radical (unpaired) electrons. The standard InChI is InChI=1S/C14H24N4O/c1-4-6-17-9-11(15)8-13(17)14(19)18-7-5-12(10-18)16(2)3/h8-9,12H,4-7,10,15H2,1-3H3. The Morgan fingerprint density at radius 3 is 2.84 bits per heavy atom. The van der Waals surface area contributed by atoms with Crippen molar-refractivity contribution >= 4 is 11.6 Å². The average Bonchev–Trinajstić information content (AvgIpc) is 2.95. The van der Waals surface area contributed by atoms with Crippen LogP contribution in [0.15, 0.2) is 12.3 Å². The SMILES string of the molecule is CCCn1cc(N)cc1C(=O)N1CCC(N(C)C)C1. The van der Waals surface area contributed by atoms with E-state index in [0.29, 0.717) is 11.7 Å². The van der Waals surface area contributed by atoms with Gasteiger partial charge in [-0.1, -0.05) is 6.92 Å². The van der Waals surface area contributed by atoms with Gasteiger partial charge in [-0.2, -0.15) is 0 Å². The van der Waals surface area contributed by atoms with Crippen LogP contribution in [0.1, 0.15) is 30.3 Å². The Balaban J connectivity index is 2.12. The van der Waals surface area contributed by atoms with Crippen molar-refractivity contribution in [3.05, 3.63) is 18.0 Å². The summed E-state index contributed by atoms with van der Waals surface area (Å²) in [5.41, 5.74) is 7.21. The zero-order valence-corrected chi connectivity index (χ0v) is 12.1. The van der Waals surface area contributed by atoms with Gasteiger partial charge in [-0.25, -0.2) is 0 Å². The first kappa shape index (κ1) is 13.9. The summed E-state index contributed by atoms with van der Waals surface area (Å²) in [4.78, 5) is 16.7. The molecule has 1 aliphatic heterocycles. The van der Waals surface area contributed by atoms with E-state index >= 15 is 0 Å². The van der Waals surface area contributed by atoms with Gasteiger partial charge in [0, 0.05) is 31.9 Å². The summed E-state index contributed by atoms with van der Waals surface area (Å²) in [5.74, 6) is 0.106. The first-order valence-corrected chi connectivity index (χ1v) is 6.94. The molecule has 2 rings (SSSR count).